The van der Waals surface area contributed by atoms with Crippen LogP contribution in [0.15, 0.2) is 57.1 Å². The molecular weight excluding hydrogens is 476 g/mol. The van der Waals surface area contributed by atoms with E-state index in [0.717, 1.165) is 10.4 Å². The Morgan fingerprint density at radius 3 is 2.62 bits per heavy atom. The predicted molar refractivity (Wildman–Crippen MR) is 125 cm³/mol. The Morgan fingerprint density at radius 1 is 1.22 bits per heavy atom. The number of thioether (sulfide) groups is 1. The highest BCUT2D eigenvalue weighted by Crippen LogP contribution is 2.35. The highest BCUT2D eigenvalue weighted by molar-refractivity contribution is 8.00. The van der Waals surface area contributed by atoms with E-state index in [1.54, 1.807) is 25.3 Å². The summed E-state index contributed by atoms with van der Waals surface area (Å²) in [5.41, 5.74) is 1.15. The second-order valence-corrected chi connectivity index (χ2v) is 9.83. The van der Waals surface area contributed by atoms with Crippen LogP contribution < -0.4 is 15.6 Å². The second-order valence-electron chi connectivity index (χ2n) is 6.72. The van der Waals surface area contributed by atoms with E-state index in [0.29, 0.717) is 21.1 Å². The minimum absolute atomic E-state index is 0.00536. The Labute approximate surface area is 193 Å². The van der Waals surface area contributed by atoms with Crippen molar-refractivity contribution in [2.45, 2.75) is 23.9 Å². The summed E-state index contributed by atoms with van der Waals surface area (Å²) in [5, 5.41) is 7.06. The molecule has 4 aromatic rings. The first-order chi connectivity index (χ1) is 15.3. The summed E-state index contributed by atoms with van der Waals surface area (Å²) in [6, 6.07) is 9.55. The molecule has 166 valence electrons. The minimum Gasteiger partial charge on any atom is -0.435 e. The van der Waals surface area contributed by atoms with Gasteiger partial charge in [-0.05, 0) is 42.6 Å². The van der Waals surface area contributed by atoms with Gasteiger partial charge in [-0.25, -0.2) is 4.98 Å². The van der Waals surface area contributed by atoms with Crippen molar-refractivity contribution in [3.63, 3.8) is 0 Å². The van der Waals surface area contributed by atoms with E-state index >= 15 is 0 Å². The lowest BCUT2D eigenvalue weighted by Crippen LogP contribution is -2.25. The summed E-state index contributed by atoms with van der Waals surface area (Å²) < 4.78 is 30.3. The molecule has 32 heavy (non-hydrogen) atoms. The van der Waals surface area contributed by atoms with Gasteiger partial charge in [0.15, 0.2) is 5.16 Å². The second kappa shape index (κ2) is 9.39. The van der Waals surface area contributed by atoms with E-state index in [1.165, 1.54) is 51.9 Å². The van der Waals surface area contributed by atoms with Crippen molar-refractivity contribution >= 4 is 56.2 Å². The molecule has 1 N–H and O–H groups in total. The van der Waals surface area contributed by atoms with Gasteiger partial charge in [0.25, 0.3) is 5.56 Å². The zero-order chi connectivity index (χ0) is 22.8. The third kappa shape index (κ3) is 4.69. The number of benzene rings is 1. The molecule has 1 unspecified atom stereocenters. The summed E-state index contributed by atoms with van der Waals surface area (Å²) in [6.07, 6.45) is 0. The summed E-state index contributed by atoms with van der Waals surface area (Å²) in [7, 11) is 1.64. The first-order valence-electron chi connectivity index (χ1n) is 9.38. The Balaban J connectivity index is 1.51. The highest BCUT2D eigenvalue weighted by Gasteiger charge is 2.21. The number of fused-ring (bicyclic) bond motifs is 1. The molecule has 6 nitrogen and oxygen atoms in total. The normalized spacial score (nSPS) is 12.3. The van der Waals surface area contributed by atoms with E-state index in [2.05, 4.69) is 15.0 Å². The average molecular weight is 494 g/mol. The summed E-state index contributed by atoms with van der Waals surface area (Å²) in [4.78, 5) is 31.9. The molecule has 0 radical (unpaired) electrons. The molecule has 3 aromatic heterocycles. The number of amides is 1. The molecule has 11 heteroatoms. The van der Waals surface area contributed by atoms with E-state index in [1.807, 2.05) is 22.9 Å². The number of rotatable bonds is 7. The van der Waals surface area contributed by atoms with Crippen LogP contribution in [0.5, 0.6) is 5.75 Å². The maximum atomic E-state index is 13.0. The first-order valence-corrected chi connectivity index (χ1v) is 12.0. The number of nitrogens with zero attached hydrogens (tertiary/aromatic N) is 2. The van der Waals surface area contributed by atoms with Crippen molar-refractivity contribution in [2.75, 3.05) is 5.32 Å². The maximum Gasteiger partial charge on any atom is 0.387 e. The average Bonchev–Trinajstić information content (AvgIpc) is 3.42. The number of carbonyl (C=O) groups excluding carboxylic acids is 1. The van der Waals surface area contributed by atoms with Crippen LogP contribution in [0.2, 0.25) is 0 Å². The van der Waals surface area contributed by atoms with Gasteiger partial charge in [-0.1, -0.05) is 17.8 Å². The lowest BCUT2D eigenvalue weighted by molar-refractivity contribution is -0.115. The van der Waals surface area contributed by atoms with Crippen molar-refractivity contribution in [3.05, 3.63) is 57.5 Å². The lowest BCUT2D eigenvalue weighted by Gasteiger charge is -2.14. The Kier molecular flexibility index (Phi) is 6.58. The Hall–Kier alpha value is -2.76. The van der Waals surface area contributed by atoms with E-state index in [9.17, 15) is 18.4 Å². The number of hydrogen-bond donors (Lipinski definition) is 1. The quantitative estimate of drug-likeness (QED) is 0.274. The van der Waals surface area contributed by atoms with Crippen molar-refractivity contribution in [1.29, 1.82) is 0 Å². The number of thiophene rings is 2. The van der Waals surface area contributed by atoms with Gasteiger partial charge < -0.3 is 10.1 Å². The number of aromatic nitrogens is 2. The number of alkyl halides is 2. The van der Waals surface area contributed by atoms with E-state index < -0.39 is 11.9 Å². The van der Waals surface area contributed by atoms with Crippen molar-refractivity contribution in [1.82, 2.24) is 9.55 Å². The van der Waals surface area contributed by atoms with Crippen LogP contribution in [0, 0.1) is 0 Å². The Bertz CT molecular complexity index is 1300. The van der Waals surface area contributed by atoms with Gasteiger partial charge >= 0.3 is 6.61 Å². The van der Waals surface area contributed by atoms with Crippen LogP contribution in [0.3, 0.4) is 0 Å². The van der Waals surface area contributed by atoms with Crippen LogP contribution in [-0.4, -0.2) is 27.3 Å². The molecule has 1 amide bonds. The fourth-order valence-corrected chi connectivity index (χ4v) is 5.62. The number of ether oxygens (including phenoxy) is 1. The number of hydrogen-bond acceptors (Lipinski definition) is 7. The van der Waals surface area contributed by atoms with E-state index in [-0.39, 0.29) is 17.2 Å². The fraction of sp³-hybridized carbons (Fsp3) is 0.190. The molecule has 1 aromatic carbocycles. The van der Waals surface area contributed by atoms with Gasteiger partial charge in [-0.15, -0.1) is 22.7 Å². The first kappa shape index (κ1) is 22.4. The Morgan fingerprint density at radius 2 is 1.97 bits per heavy atom. The molecular formula is C21H17F2N3O3S3. The summed E-state index contributed by atoms with van der Waals surface area (Å²) >= 11 is 4.13. The standard InChI is InChI=1S/C21H17F2N3O3S3/c1-11(17(27)24-12-5-7-13(8-6-12)29-20(22)23)32-21-25-18-16(19(28)26(21)2)14(10-31-18)15-4-3-9-30-15/h3-11,20H,1-2H3,(H,24,27). The van der Waals surface area contributed by atoms with Crippen molar-refractivity contribution < 1.29 is 18.3 Å². The number of nitrogens with one attached hydrogen (secondary N) is 1. The van der Waals surface area contributed by atoms with Crippen molar-refractivity contribution in [3.8, 4) is 16.2 Å². The SMILES string of the molecule is CC(Sc1nc2scc(-c3cccs3)c2c(=O)n1C)C(=O)Nc1ccc(OC(F)F)cc1. The molecule has 0 spiro atoms. The monoisotopic (exact) mass is 493 g/mol. The molecule has 4 rings (SSSR count). The largest absolute Gasteiger partial charge is 0.435 e. The third-order valence-corrected chi connectivity index (χ3v) is 7.48. The molecule has 0 aliphatic heterocycles. The van der Waals surface area contributed by atoms with Crippen molar-refractivity contribution in [2.24, 2.45) is 7.05 Å². The van der Waals surface area contributed by atoms with E-state index in [4.69, 9.17) is 0 Å². The van der Waals surface area contributed by atoms with Crippen LogP contribution in [0.1, 0.15) is 6.92 Å². The number of halogens is 2. The van der Waals surface area contributed by atoms with Gasteiger partial charge in [0.05, 0.1) is 10.6 Å². The van der Waals surface area contributed by atoms with Gasteiger partial charge in [0.1, 0.15) is 10.6 Å². The third-order valence-electron chi connectivity index (χ3n) is 4.56. The molecule has 3 heterocycles. The summed E-state index contributed by atoms with van der Waals surface area (Å²) in [5.74, 6) is -0.303. The molecule has 0 aliphatic carbocycles. The molecule has 0 saturated heterocycles. The van der Waals surface area contributed by atoms with Gasteiger partial charge in [0, 0.05) is 28.6 Å². The van der Waals surface area contributed by atoms with Gasteiger partial charge in [-0.3, -0.25) is 14.2 Å². The molecule has 0 aliphatic rings. The smallest absolute Gasteiger partial charge is 0.387 e. The minimum atomic E-state index is -2.91. The lowest BCUT2D eigenvalue weighted by atomic mass is 10.2. The zero-order valence-corrected chi connectivity index (χ0v) is 19.3. The van der Waals surface area contributed by atoms with Gasteiger partial charge in [0.2, 0.25) is 5.91 Å². The van der Waals surface area contributed by atoms with Crippen LogP contribution in [-0.2, 0) is 11.8 Å². The van der Waals surface area contributed by atoms with Crippen LogP contribution in [0.4, 0.5) is 14.5 Å². The predicted octanol–water partition coefficient (Wildman–Crippen LogP) is 5.44. The highest BCUT2D eigenvalue weighted by atomic mass is 32.2. The molecule has 0 saturated carbocycles. The summed E-state index contributed by atoms with van der Waals surface area (Å²) in [6.45, 7) is -1.20. The van der Waals surface area contributed by atoms with Crippen LogP contribution in [0.25, 0.3) is 20.7 Å². The number of anilines is 1. The fourth-order valence-electron chi connectivity index (χ4n) is 2.95. The van der Waals surface area contributed by atoms with Gasteiger partial charge in [-0.2, -0.15) is 8.78 Å². The maximum absolute atomic E-state index is 13.0. The topological polar surface area (TPSA) is 73.2 Å². The molecule has 1 atom stereocenters. The van der Waals surface area contributed by atoms with Crippen LogP contribution >= 0.6 is 34.4 Å². The number of carbonyl (C=O) groups is 1. The zero-order valence-electron chi connectivity index (χ0n) is 16.9. The molecule has 0 bridgehead atoms. The molecule has 0 fully saturated rings.